The van der Waals surface area contributed by atoms with Crippen molar-refractivity contribution in [3.05, 3.63) is 296 Å². The zero-order valence-corrected chi connectivity index (χ0v) is 56.2. The van der Waals surface area contributed by atoms with Crippen molar-refractivity contribution in [2.75, 3.05) is 4.90 Å². The Bertz CT molecular complexity index is 5110. The van der Waals surface area contributed by atoms with E-state index in [4.69, 9.17) is 9.72 Å². The van der Waals surface area contributed by atoms with E-state index < -0.39 is 8.07 Å². The van der Waals surface area contributed by atoms with E-state index in [1.165, 1.54) is 48.0 Å². The molecule has 0 bridgehead atoms. The van der Waals surface area contributed by atoms with Crippen LogP contribution in [0.3, 0.4) is 0 Å². The Balaban J connectivity index is 0.00000721. The molecule has 1 aliphatic rings. The number of rotatable bonds is 9. The molecule has 91 heavy (non-hydrogen) atoms. The molecule has 14 aromatic rings. The molecule has 1 aliphatic heterocycles. The fourth-order valence-corrected chi connectivity index (χ4v) is 18.7. The molecule has 0 amide bonds. The van der Waals surface area contributed by atoms with Crippen molar-refractivity contribution < 1.29 is 25.8 Å². The number of fused-ring (bicyclic) bond motifs is 10. The molecule has 0 atom stereocenters. The van der Waals surface area contributed by atoms with Gasteiger partial charge in [-0.15, -0.1) is 41.3 Å². The molecule has 0 N–H and O–H groups in total. The van der Waals surface area contributed by atoms with Gasteiger partial charge in [0.1, 0.15) is 5.82 Å². The van der Waals surface area contributed by atoms with Gasteiger partial charge in [-0.2, -0.15) is 6.07 Å². The van der Waals surface area contributed by atoms with E-state index in [9.17, 15) is 0 Å². The van der Waals surface area contributed by atoms with Crippen molar-refractivity contribution in [2.24, 2.45) is 0 Å². The van der Waals surface area contributed by atoms with Gasteiger partial charge < -0.3 is 18.8 Å². The van der Waals surface area contributed by atoms with Gasteiger partial charge in [-0.25, -0.2) is 4.98 Å². The summed E-state index contributed by atoms with van der Waals surface area (Å²) in [5.74, 6) is 2.04. The zero-order valence-electron chi connectivity index (χ0n) is 52.9. The summed E-state index contributed by atoms with van der Waals surface area (Å²) in [6, 6.07) is 102. The molecule has 7 heteroatoms. The van der Waals surface area contributed by atoms with E-state index in [0.717, 1.165) is 82.9 Å². The van der Waals surface area contributed by atoms with Crippen molar-refractivity contribution >= 4 is 105 Å². The summed E-state index contributed by atoms with van der Waals surface area (Å²) in [4.78, 5) is 7.31. The molecule has 450 valence electrons. The van der Waals surface area contributed by atoms with Crippen LogP contribution in [-0.4, -0.2) is 22.2 Å². The second-order valence-electron chi connectivity index (χ2n) is 27.3. The standard InChI is InChI=1S/C84H71N4OSi.Pt/c1-82(2,3)57-45-46-85-79(52-57)88-76-41-24-23-37-72(76)73-44-43-61(54-78(73)88)89-62-50-59(84(7,8)9)49-60(53-62)86-55-87-80-67(38-25-39-74(80)70-35-21-19-33-68(70)69-34-20-22-36-71(69)75-40-26-42-77(86)81(75)87)56-47-58(83(4,5)6)51-66(48-56)90(63-27-13-10-14-28-63,64-29-15-11-16-30-64)65-31-17-12-18-32-65;/h10-52,55H,1-9H3;/q-3;. The molecule has 0 spiro atoms. The Kier molecular flexibility index (Phi) is 14.8. The second kappa shape index (κ2) is 22.8. The maximum absolute atomic E-state index is 7.12. The summed E-state index contributed by atoms with van der Waals surface area (Å²) in [5, 5.41) is 14.5. The monoisotopic (exact) mass is 1370 g/mol. The maximum Gasteiger partial charge on any atom is 0.179 e. The number of hydrogen-bond acceptors (Lipinski definition) is 3. The molecule has 0 saturated heterocycles. The predicted molar refractivity (Wildman–Crippen MR) is 382 cm³/mol. The van der Waals surface area contributed by atoms with Crippen LogP contribution < -0.4 is 30.4 Å². The van der Waals surface area contributed by atoms with E-state index in [1.807, 2.05) is 12.3 Å². The number of ether oxygens (including phenoxy) is 1. The SMILES string of the molecule is CC(C)(C)c1cc(Oc2[c-]c3c(cc2)c2ccccc2n3-c2cc(C(C)(C)C)ccn2)[c-]c(N2[CH-]n3c4c(-c5cc(C(C)(C)C)cc([Si](c6ccccc6)(c6ccccc6)c6ccccc6)c5)cccc4c4ccccc4c4ccccc4c4cccc2c43)c1.[Pt]. The van der Waals surface area contributed by atoms with Crippen LogP contribution in [0.1, 0.15) is 79.0 Å². The molecular formula is C84H71N4OPtSi-3. The van der Waals surface area contributed by atoms with Crippen molar-refractivity contribution in [1.29, 1.82) is 0 Å². The first kappa shape index (κ1) is 59.2. The molecule has 0 unspecified atom stereocenters. The molecule has 0 saturated carbocycles. The third-order valence-corrected chi connectivity index (χ3v) is 23.2. The smallest absolute Gasteiger partial charge is 0.179 e. The third kappa shape index (κ3) is 10.2. The number of nitrogens with zero attached hydrogens (tertiary/aromatic N) is 4. The number of benzene rings is 11. The summed E-state index contributed by atoms with van der Waals surface area (Å²) in [5.41, 5.74) is 11.4. The predicted octanol–water partition coefficient (Wildman–Crippen LogP) is 19.2. The number of para-hydroxylation sites is 3. The van der Waals surface area contributed by atoms with Gasteiger partial charge in [-0.3, -0.25) is 0 Å². The number of hydrogen-bond donors (Lipinski definition) is 0. The number of anilines is 2. The van der Waals surface area contributed by atoms with Crippen LogP contribution in [0.4, 0.5) is 11.4 Å². The fourth-order valence-electron chi connectivity index (χ4n) is 13.9. The van der Waals surface area contributed by atoms with Crippen molar-refractivity contribution in [1.82, 2.24) is 14.1 Å². The van der Waals surface area contributed by atoms with Crippen molar-refractivity contribution in [3.8, 4) is 28.4 Å². The number of pyridine rings is 1. The third-order valence-electron chi connectivity index (χ3n) is 18.5. The minimum Gasteiger partial charge on any atom is -0.509 e. The average molecular weight is 1380 g/mol. The second-order valence-corrected chi connectivity index (χ2v) is 31.1. The van der Waals surface area contributed by atoms with Gasteiger partial charge in [0.25, 0.3) is 0 Å². The van der Waals surface area contributed by atoms with E-state index in [-0.39, 0.29) is 37.3 Å². The van der Waals surface area contributed by atoms with Gasteiger partial charge in [0.05, 0.1) is 0 Å². The molecule has 15 rings (SSSR count). The van der Waals surface area contributed by atoms with E-state index >= 15 is 0 Å². The molecule has 11 aromatic carbocycles. The molecule has 4 heterocycles. The quantitative estimate of drug-likeness (QED) is 0.0821. The zero-order chi connectivity index (χ0) is 61.7. The van der Waals surface area contributed by atoms with E-state index in [1.54, 1.807) is 0 Å². The molecule has 0 fully saturated rings. The van der Waals surface area contributed by atoms with Crippen molar-refractivity contribution in [2.45, 2.75) is 78.6 Å². The average Bonchev–Trinajstić information content (AvgIpc) is 1.51. The Morgan fingerprint density at radius 1 is 0.407 bits per heavy atom. The Hall–Kier alpha value is -9.45. The Labute approximate surface area is 549 Å². The summed E-state index contributed by atoms with van der Waals surface area (Å²) >= 11 is 0. The topological polar surface area (TPSA) is 35.2 Å². The van der Waals surface area contributed by atoms with Gasteiger partial charge >= 0.3 is 0 Å². The largest absolute Gasteiger partial charge is 0.509 e. The van der Waals surface area contributed by atoms with Gasteiger partial charge in [-0.1, -0.05) is 280 Å². The molecule has 0 radical (unpaired) electrons. The summed E-state index contributed by atoms with van der Waals surface area (Å²) in [7, 11) is -3.02. The van der Waals surface area contributed by atoms with Gasteiger partial charge in [0, 0.05) is 50.0 Å². The van der Waals surface area contributed by atoms with Crippen LogP contribution in [-0.2, 0) is 37.3 Å². The maximum atomic E-state index is 7.12. The van der Waals surface area contributed by atoms with Crippen LogP contribution in [0, 0.1) is 18.8 Å². The van der Waals surface area contributed by atoms with E-state index in [2.05, 4.69) is 344 Å². The van der Waals surface area contributed by atoms with Crippen LogP contribution in [0.2, 0.25) is 0 Å². The normalized spacial score (nSPS) is 12.6. The van der Waals surface area contributed by atoms with Crippen LogP contribution >= 0.6 is 0 Å². The van der Waals surface area contributed by atoms with Crippen LogP contribution in [0.25, 0.3) is 82.1 Å². The summed E-state index contributed by atoms with van der Waals surface area (Å²) < 4.78 is 11.8. The fraction of sp³-hybridized carbons (Fsp3) is 0.143. The molecular weight excluding hydrogens is 1300 g/mol. The Morgan fingerprint density at radius 3 is 1.52 bits per heavy atom. The Morgan fingerprint density at radius 2 is 0.923 bits per heavy atom. The van der Waals surface area contributed by atoms with Gasteiger partial charge in [0.15, 0.2) is 8.07 Å². The van der Waals surface area contributed by atoms with Gasteiger partial charge in [-0.05, 0) is 139 Å². The first-order valence-corrected chi connectivity index (χ1v) is 33.4. The van der Waals surface area contributed by atoms with Crippen LogP contribution in [0.15, 0.2) is 261 Å². The van der Waals surface area contributed by atoms with Gasteiger partial charge in [0.2, 0.25) is 0 Å². The number of aromatic nitrogens is 3. The summed E-state index contributed by atoms with van der Waals surface area (Å²) in [6.45, 7) is 22.9. The first-order chi connectivity index (χ1) is 43.5. The van der Waals surface area contributed by atoms with Crippen LogP contribution in [0.5, 0.6) is 11.5 Å². The van der Waals surface area contributed by atoms with E-state index in [0.29, 0.717) is 11.5 Å². The molecule has 5 nitrogen and oxygen atoms in total. The minimum atomic E-state index is -3.02. The van der Waals surface area contributed by atoms with Crippen molar-refractivity contribution in [3.63, 3.8) is 0 Å². The molecule has 0 aliphatic carbocycles. The minimum absolute atomic E-state index is 0. The molecule has 3 aromatic heterocycles. The first-order valence-electron chi connectivity index (χ1n) is 31.4. The summed E-state index contributed by atoms with van der Waals surface area (Å²) in [6.07, 6.45) is 1.92.